The lowest BCUT2D eigenvalue weighted by atomic mass is 9.76. The van der Waals surface area contributed by atoms with Crippen LogP contribution >= 0.6 is 0 Å². The number of carbonyl (C=O) groups excluding carboxylic acids is 2. The second-order valence-corrected chi connectivity index (χ2v) is 10.6. The lowest BCUT2D eigenvalue weighted by Crippen LogP contribution is -2.32. The lowest BCUT2D eigenvalue weighted by Gasteiger charge is -2.26. The van der Waals surface area contributed by atoms with E-state index in [9.17, 15) is 9.59 Å². The Labute approximate surface area is 213 Å². The van der Waals surface area contributed by atoms with Crippen LogP contribution in [0.5, 0.6) is 0 Å². The molecule has 1 fully saturated rings. The van der Waals surface area contributed by atoms with Crippen LogP contribution in [-0.2, 0) is 22.4 Å². The molecule has 0 N–H and O–H groups in total. The Bertz CT molecular complexity index is 900. The number of carbonyl (C=O) groups is 2. The summed E-state index contributed by atoms with van der Waals surface area (Å²) in [7, 11) is 0. The van der Waals surface area contributed by atoms with Gasteiger partial charge in [0.1, 0.15) is 11.6 Å². The first kappa shape index (κ1) is 27.3. The first-order valence-electron chi connectivity index (χ1n) is 14.2. The summed E-state index contributed by atoms with van der Waals surface area (Å²) in [6, 6.07) is 12.4. The highest BCUT2D eigenvalue weighted by Gasteiger charge is 2.32. The monoisotopic (exact) mass is 475 g/mol. The summed E-state index contributed by atoms with van der Waals surface area (Å²) < 4.78 is 0. The minimum Gasteiger partial charge on any atom is -0.299 e. The number of nitrogens with zero attached hydrogens (tertiary/aromatic N) is 1. The topological polar surface area (TPSA) is 47.0 Å². The Morgan fingerprint density at radius 1 is 0.829 bits per heavy atom. The van der Waals surface area contributed by atoms with Crippen molar-refractivity contribution < 1.29 is 9.59 Å². The first-order chi connectivity index (χ1) is 17.1. The quantitative estimate of drug-likeness (QED) is 0.192. The van der Waals surface area contributed by atoms with Crippen molar-refractivity contribution in [1.82, 2.24) is 4.98 Å². The summed E-state index contributed by atoms with van der Waals surface area (Å²) in [6.07, 6.45) is 18.4. The van der Waals surface area contributed by atoms with Crippen LogP contribution in [0.2, 0.25) is 0 Å². The Morgan fingerprint density at radius 2 is 1.51 bits per heavy atom. The van der Waals surface area contributed by atoms with E-state index in [4.69, 9.17) is 0 Å². The zero-order chi connectivity index (χ0) is 24.9. The number of unbranched alkanes of at least 4 members (excludes halogenated alkanes) is 7. The molecule has 0 saturated heterocycles. The van der Waals surface area contributed by atoms with Gasteiger partial charge in [-0.3, -0.25) is 14.6 Å². The molecule has 35 heavy (non-hydrogen) atoms. The van der Waals surface area contributed by atoms with Crippen LogP contribution < -0.4 is 0 Å². The number of ketones is 2. The Kier molecular flexibility index (Phi) is 11.7. The minimum absolute atomic E-state index is 0.0923. The van der Waals surface area contributed by atoms with E-state index in [1.807, 2.05) is 30.5 Å². The summed E-state index contributed by atoms with van der Waals surface area (Å²) >= 11 is 0. The van der Waals surface area contributed by atoms with Crippen LogP contribution in [-0.4, -0.2) is 16.6 Å². The van der Waals surface area contributed by atoms with Crippen molar-refractivity contribution in [3.63, 3.8) is 0 Å². The second-order valence-electron chi connectivity index (χ2n) is 10.6. The maximum absolute atomic E-state index is 12.9. The van der Waals surface area contributed by atoms with Crippen LogP contribution in [0.15, 0.2) is 42.6 Å². The van der Waals surface area contributed by atoms with Crippen molar-refractivity contribution in [2.24, 2.45) is 11.8 Å². The predicted octanol–water partition coefficient (Wildman–Crippen LogP) is 8.33. The summed E-state index contributed by atoms with van der Waals surface area (Å²) in [5, 5.41) is 0. The molecule has 3 nitrogen and oxygen atoms in total. The van der Waals surface area contributed by atoms with E-state index in [1.165, 1.54) is 63.4 Å². The zero-order valence-electron chi connectivity index (χ0n) is 22.1. The van der Waals surface area contributed by atoms with Gasteiger partial charge in [-0.25, -0.2) is 0 Å². The number of hydrogen-bond acceptors (Lipinski definition) is 3. The van der Waals surface area contributed by atoms with Gasteiger partial charge < -0.3 is 0 Å². The lowest BCUT2D eigenvalue weighted by molar-refractivity contribution is -0.135. The molecule has 0 aliphatic heterocycles. The molecule has 190 valence electrons. The third-order valence-corrected chi connectivity index (χ3v) is 7.62. The molecule has 1 aromatic carbocycles. The second kappa shape index (κ2) is 15.0. The fourth-order valence-electron chi connectivity index (χ4n) is 5.33. The van der Waals surface area contributed by atoms with Gasteiger partial charge in [0.05, 0.1) is 11.6 Å². The van der Waals surface area contributed by atoms with Crippen molar-refractivity contribution in [2.75, 3.05) is 0 Å². The molecule has 1 aliphatic carbocycles. The van der Waals surface area contributed by atoms with Crippen LogP contribution in [0.4, 0.5) is 0 Å². The highest BCUT2D eigenvalue weighted by Crippen LogP contribution is 2.31. The predicted molar refractivity (Wildman–Crippen MR) is 145 cm³/mol. The zero-order valence-corrected chi connectivity index (χ0v) is 22.1. The Morgan fingerprint density at radius 3 is 2.17 bits per heavy atom. The van der Waals surface area contributed by atoms with E-state index < -0.39 is 5.92 Å². The number of rotatable bonds is 15. The molecule has 1 saturated carbocycles. The molecule has 1 aliphatic rings. The molecular weight excluding hydrogens is 430 g/mol. The summed E-state index contributed by atoms with van der Waals surface area (Å²) in [6.45, 7) is 4.47. The Hall–Kier alpha value is -2.29. The smallest absolute Gasteiger partial charge is 0.147 e. The van der Waals surface area contributed by atoms with Gasteiger partial charge in [-0.05, 0) is 48.8 Å². The molecule has 0 spiro atoms. The largest absolute Gasteiger partial charge is 0.299 e. The number of Topliss-reactive ketones (excluding diaryl/α,β-unsaturated/α-hetero) is 2. The molecule has 2 aromatic rings. The SMILES string of the molecule is CCCCCCCC1CCC(C(=O)Cc2ccc(-c3ccc(CCCCCC)cn3)cc2)C(=O)C1. The van der Waals surface area contributed by atoms with Crippen molar-refractivity contribution in [2.45, 2.75) is 110 Å². The van der Waals surface area contributed by atoms with Crippen molar-refractivity contribution >= 4 is 11.6 Å². The van der Waals surface area contributed by atoms with Gasteiger partial charge in [-0.15, -0.1) is 0 Å². The van der Waals surface area contributed by atoms with Crippen molar-refractivity contribution in [3.05, 3.63) is 53.7 Å². The molecule has 2 atom stereocenters. The fourth-order valence-corrected chi connectivity index (χ4v) is 5.33. The van der Waals surface area contributed by atoms with Gasteiger partial charge in [-0.2, -0.15) is 0 Å². The third-order valence-electron chi connectivity index (χ3n) is 7.62. The molecule has 1 aromatic heterocycles. The standard InChI is InChI=1S/C32H45NO2/c1-3-5-7-9-11-12-25-16-20-29(31(34)22-25)32(35)23-26-14-18-28(19-15-26)30-21-17-27(24-33-30)13-10-8-6-4-2/h14-15,17-19,21,24-25,29H,3-13,16,20,22-23H2,1-2H3. The Balaban J connectivity index is 1.44. The normalized spacial score (nSPS) is 18.1. The van der Waals surface area contributed by atoms with Gasteiger partial charge in [0.25, 0.3) is 0 Å². The van der Waals surface area contributed by atoms with E-state index in [-0.39, 0.29) is 11.6 Å². The van der Waals surface area contributed by atoms with Gasteiger partial charge in [0.2, 0.25) is 0 Å². The van der Waals surface area contributed by atoms with Gasteiger partial charge in [0.15, 0.2) is 0 Å². The van der Waals surface area contributed by atoms with Crippen molar-refractivity contribution in [1.29, 1.82) is 0 Å². The third kappa shape index (κ3) is 9.02. The van der Waals surface area contributed by atoms with E-state index in [1.54, 1.807) is 0 Å². The minimum atomic E-state index is -0.391. The molecule has 0 radical (unpaired) electrons. The van der Waals surface area contributed by atoms with E-state index in [2.05, 4.69) is 31.0 Å². The number of aromatic nitrogens is 1. The highest BCUT2D eigenvalue weighted by molar-refractivity contribution is 6.03. The van der Waals surface area contributed by atoms with Crippen molar-refractivity contribution in [3.8, 4) is 11.3 Å². The molecule has 3 heteroatoms. The number of aryl methyl sites for hydroxylation is 1. The maximum Gasteiger partial charge on any atom is 0.147 e. The summed E-state index contributed by atoms with van der Waals surface area (Å²) in [5.41, 5.74) is 4.30. The highest BCUT2D eigenvalue weighted by atomic mass is 16.1. The number of benzene rings is 1. The van der Waals surface area contributed by atoms with Crippen LogP contribution in [0.1, 0.15) is 108 Å². The molecule has 3 rings (SSSR count). The maximum atomic E-state index is 12.9. The molecule has 2 unspecified atom stereocenters. The van der Waals surface area contributed by atoms with E-state index >= 15 is 0 Å². The molecule has 0 amide bonds. The average molecular weight is 476 g/mol. The number of pyridine rings is 1. The summed E-state index contributed by atoms with van der Waals surface area (Å²) in [5.74, 6) is 0.366. The van der Waals surface area contributed by atoms with Gasteiger partial charge in [-0.1, -0.05) is 102 Å². The molecule has 0 bridgehead atoms. The average Bonchev–Trinajstić information content (AvgIpc) is 2.87. The van der Waals surface area contributed by atoms with E-state index in [0.717, 1.165) is 42.5 Å². The first-order valence-corrected chi connectivity index (χ1v) is 14.2. The summed E-state index contributed by atoms with van der Waals surface area (Å²) in [4.78, 5) is 30.3. The molecular formula is C32H45NO2. The van der Waals surface area contributed by atoms with Crippen LogP contribution in [0.25, 0.3) is 11.3 Å². The van der Waals surface area contributed by atoms with E-state index in [0.29, 0.717) is 18.8 Å². The van der Waals surface area contributed by atoms with Gasteiger partial charge in [0, 0.05) is 24.6 Å². The molecule has 1 heterocycles. The van der Waals surface area contributed by atoms with Gasteiger partial charge >= 0.3 is 0 Å². The van der Waals surface area contributed by atoms with Crippen LogP contribution in [0.3, 0.4) is 0 Å². The van der Waals surface area contributed by atoms with Crippen LogP contribution in [0, 0.1) is 11.8 Å². The number of hydrogen-bond donors (Lipinski definition) is 0. The fraction of sp³-hybridized carbons (Fsp3) is 0.594.